The fourth-order valence-corrected chi connectivity index (χ4v) is 6.22. The van der Waals surface area contributed by atoms with Crippen molar-refractivity contribution in [1.29, 1.82) is 0 Å². The van der Waals surface area contributed by atoms with Crippen LogP contribution in [0.4, 0.5) is 0 Å². The molecule has 0 saturated carbocycles. The van der Waals surface area contributed by atoms with E-state index in [4.69, 9.17) is 4.42 Å². The lowest BCUT2D eigenvalue weighted by Crippen LogP contribution is -1.84. The molecule has 0 fully saturated rings. The van der Waals surface area contributed by atoms with Gasteiger partial charge in [-0.3, -0.25) is 0 Å². The van der Waals surface area contributed by atoms with Crippen molar-refractivity contribution in [3.05, 3.63) is 155 Å². The normalized spacial score (nSPS) is 11.5. The van der Waals surface area contributed by atoms with Gasteiger partial charge >= 0.3 is 0 Å². The predicted molar refractivity (Wildman–Crippen MR) is 186 cm³/mol. The molecule has 0 aliphatic carbocycles. The summed E-state index contributed by atoms with van der Waals surface area (Å²) in [6.07, 6.45) is 0. The van der Waals surface area contributed by atoms with Crippen LogP contribution in [0, 0.1) is 3.57 Å². The summed E-state index contributed by atoms with van der Waals surface area (Å²) in [7, 11) is 0. The lowest BCUT2D eigenvalue weighted by Gasteiger charge is -2.09. The van der Waals surface area contributed by atoms with Crippen molar-refractivity contribution in [2.45, 2.75) is 0 Å². The summed E-state index contributed by atoms with van der Waals surface area (Å²) in [5.41, 5.74) is 11.6. The van der Waals surface area contributed by atoms with Gasteiger partial charge in [0.25, 0.3) is 0 Å². The fraction of sp³-hybridized carbons (Fsp3) is 0. The van der Waals surface area contributed by atoms with Crippen molar-refractivity contribution in [2.75, 3.05) is 0 Å². The van der Waals surface area contributed by atoms with Gasteiger partial charge in [0.15, 0.2) is 0 Å². The van der Waals surface area contributed by atoms with Crippen LogP contribution >= 0.6 is 22.6 Å². The molecule has 0 amide bonds. The van der Waals surface area contributed by atoms with E-state index in [1.165, 1.54) is 58.9 Å². The Morgan fingerprint density at radius 3 is 1.31 bits per heavy atom. The van der Waals surface area contributed by atoms with Crippen LogP contribution in [-0.4, -0.2) is 0 Å². The van der Waals surface area contributed by atoms with Gasteiger partial charge in [0.05, 0.1) is 0 Å². The maximum Gasteiger partial charge on any atom is 0.135 e. The second-order valence-corrected chi connectivity index (χ2v) is 12.0. The van der Waals surface area contributed by atoms with Crippen LogP contribution in [0.5, 0.6) is 0 Å². The van der Waals surface area contributed by atoms with Gasteiger partial charge < -0.3 is 4.42 Å². The second kappa shape index (κ2) is 10.3. The van der Waals surface area contributed by atoms with Crippen molar-refractivity contribution < 1.29 is 4.42 Å². The first-order valence-corrected chi connectivity index (χ1v) is 15.2. The van der Waals surface area contributed by atoms with Gasteiger partial charge in [-0.2, -0.15) is 0 Å². The minimum Gasteiger partial charge on any atom is -0.456 e. The number of para-hydroxylation sites is 1. The van der Waals surface area contributed by atoms with Gasteiger partial charge in [0.2, 0.25) is 0 Å². The van der Waals surface area contributed by atoms with Crippen molar-refractivity contribution in [3.8, 4) is 44.5 Å². The summed E-state index contributed by atoms with van der Waals surface area (Å²) in [6.45, 7) is 0. The Balaban J connectivity index is 1.05. The number of furan rings is 1. The number of fused-ring (bicyclic) bond motifs is 4. The molecule has 1 aromatic heterocycles. The molecule has 0 aliphatic heterocycles. The zero-order valence-electron chi connectivity index (χ0n) is 22.7. The van der Waals surface area contributed by atoms with Crippen LogP contribution in [0.2, 0.25) is 0 Å². The van der Waals surface area contributed by atoms with Crippen molar-refractivity contribution in [1.82, 2.24) is 0 Å². The van der Waals surface area contributed by atoms with Crippen molar-refractivity contribution in [2.24, 2.45) is 0 Å². The molecule has 1 nitrogen and oxygen atoms in total. The average molecular weight is 649 g/mol. The molecule has 0 unspecified atom stereocenters. The van der Waals surface area contributed by atoms with Gasteiger partial charge in [-0.25, -0.2) is 0 Å². The number of hydrogen-bond donors (Lipinski definition) is 0. The number of rotatable bonds is 4. The molecule has 7 aromatic carbocycles. The van der Waals surface area contributed by atoms with E-state index in [2.05, 4.69) is 162 Å². The Bertz CT molecular complexity index is 2220. The molecule has 0 spiro atoms. The van der Waals surface area contributed by atoms with E-state index in [0.717, 1.165) is 21.9 Å². The van der Waals surface area contributed by atoms with Crippen molar-refractivity contribution >= 4 is 55.3 Å². The van der Waals surface area contributed by atoms with Gasteiger partial charge in [-0.05, 0) is 120 Å². The minimum atomic E-state index is 0.926. The molecular formula is C40H25IO. The second-order valence-electron chi connectivity index (χ2n) is 10.7. The highest BCUT2D eigenvalue weighted by molar-refractivity contribution is 14.1. The smallest absolute Gasteiger partial charge is 0.135 e. The Labute approximate surface area is 258 Å². The molecule has 2 heteroatoms. The average Bonchev–Trinajstić information content (AvgIpc) is 3.43. The first-order valence-electron chi connectivity index (χ1n) is 14.1. The third kappa shape index (κ3) is 4.58. The minimum absolute atomic E-state index is 0.926. The van der Waals surface area contributed by atoms with Crippen LogP contribution in [0.3, 0.4) is 0 Å². The largest absolute Gasteiger partial charge is 0.456 e. The lowest BCUT2D eigenvalue weighted by molar-refractivity contribution is 0.669. The molecule has 0 saturated heterocycles. The summed E-state index contributed by atoms with van der Waals surface area (Å²) in [4.78, 5) is 0. The maximum absolute atomic E-state index is 6.01. The van der Waals surface area contributed by atoms with Gasteiger partial charge in [-0.1, -0.05) is 109 Å². The Hall–Kier alpha value is -4.67. The zero-order chi connectivity index (χ0) is 28.0. The maximum atomic E-state index is 6.01. The van der Waals surface area contributed by atoms with Crippen LogP contribution in [0.1, 0.15) is 0 Å². The summed E-state index contributed by atoms with van der Waals surface area (Å²) in [5, 5.41) is 4.80. The van der Waals surface area contributed by atoms with E-state index in [1.54, 1.807) is 0 Å². The quantitative estimate of drug-likeness (QED) is 0.173. The van der Waals surface area contributed by atoms with E-state index in [1.807, 2.05) is 12.1 Å². The molecule has 8 aromatic rings. The van der Waals surface area contributed by atoms with Crippen LogP contribution in [-0.2, 0) is 0 Å². The summed E-state index contributed by atoms with van der Waals surface area (Å²) < 4.78 is 7.26. The first-order chi connectivity index (χ1) is 20.7. The predicted octanol–water partition coefficient (Wildman–Crippen LogP) is 12.0. The Kier molecular flexibility index (Phi) is 6.15. The Morgan fingerprint density at radius 2 is 0.738 bits per heavy atom. The summed E-state index contributed by atoms with van der Waals surface area (Å²) in [5.74, 6) is 0. The highest BCUT2D eigenvalue weighted by Crippen LogP contribution is 2.34. The third-order valence-electron chi connectivity index (χ3n) is 8.16. The fourth-order valence-electron chi connectivity index (χ4n) is 5.86. The van der Waals surface area contributed by atoms with E-state index in [9.17, 15) is 0 Å². The highest BCUT2D eigenvalue weighted by Gasteiger charge is 2.09. The van der Waals surface area contributed by atoms with E-state index in [0.29, 0.717) is 0 Å². The molecule has 0 radical (unpaired) electrons. The SMILES string of the molecule is Ic1ccc(-c2ccc(-c3ccc4cc(-c5ccc(-c6ccc7oc8ccccc8c7c6)cc5)ccc4c3)cc2)cc1. The highest BCUT2D eigenvalue weighted by atomic mass is 127. The van der Waals surface area contributed by atoms with Gasteiger partial charge in [-0.15, -0.1) is 0 Å². The molecule has 198 valence electrons. The number of halogens is 1. The zero-order valence-corrected chi connectivity index (χ0v) is 24.9. The molecule has 42 heavy (non-hydrogen) atoms. The van der Waals surface area contributed by atoms with E-state index < -0.39 is 0 Å². The van der Waals surface area contributed by atoms with Gasteiger partial charge in [0.1, 0.15) is 11.2 Å². The molecule has 0 bridgehead atoms. The van der Waals surface area contributed by atoms with Crippen LogP contribution in [0.25, 0.3) is 77.2 Å². The monoisotopic (exact) mass is 648 g/mol. The van der Waals surface area contributed by atoms with Crippen LogP contribution < -0.4 is 0 Å². The van der Waals surface area contributed by atoms with Crippen LogP contribution in [0.15, 0.2) is 156 Å². The van der Waals surface area contributed by atoms with E-state index >= 15 is 0 Å². The number of benzene rings is 7. The third-order valence-corrected chi connectivity index (χ3v) is 8.88. The summed E-state index contributed by atoms with van der Waals surface area (Å²) >= 11 is 2.35. The molecule has 0 atom stereocenters. The Morgan fingerprint density at radius 1 is 0.333 bits per heavy atom. The van der Waals surface area contributed by atoms with Gasteiger partial charge in [0, 0.05) is 14.3 Å². The van der Waals surface area contributed by atoms with E-state index in [-0.39, 0.29) is 0 Å². The topological polar surface area (TPSA) is 13.1 Å². The molecule has 1 heterocycles. The molecular weight excluding hydrogens is 623 g/mol. The van der Waals surface area contributed by atoms with Crippen molar-refractivity contribution in [3.63, 3.8) is 0 Å². The standard InChI is InChI=1S/C40H25IO/c41-36-20-17-27(18-21-36)26-5-7-28(8-6-26)31-13-15-34-24-32(14-16-33(34)23-31)29-9-11-30(12-10-29)35-19-22-40-38(25-35)37-3-1-2-4-39(37)42-40/h1-25H. The molecule has 0 aliphatic rings. The first kappa shape index (κ1) is 25.1. The molecule has 8 rings (SSSR count). The lowest BCUT2D eigenvalue weighted by atomic mass is 9.95. The summed E-state index contributed by atoms with van der Waals surface area (Å²) in [6, 6.07) is 54.6. The number of hydrogen-bond acceptors (Lipinski definition) is 1. The molecule has 0 N–H and O–H groups in total.